The monoisotopic (exact) mass is 591 g/mol. The van der Waals surface area contributed by atoms with E-state index in [-0.39, 0.29) is 24.1 Å². The van der Waals surface area contributed by atoms with Crippen LogP contribution >= 0.6 is 0 Å². The van der Waals surface area contributed by atoms with E-state index in [4.69, 9.17) is 4.98 Å². The smallest absolute Gasteiger partial charge is 0.255 e. The third-order valence-corrected chi connectivity index (χ3v) is 9.35. The lowest BCUT2D eigenvalue weighted by Gasteiger charge is -2.31. The number of benzene rings is 2. The number of para-hydroxylation sites is 2. The fraction of sp³-hybridized carbons (Fsp3) is 0.412. The molecule has 1 saturated carbocycles. The number of hydrogen-bond donors (Lipinski definition) is 2. The Balaban J connectivity index is 0.906. The Labute approximate surface area is 256 Å². The minimum absolute atomic E-state index is 0.130. The summed E-state index contributed by atoms with van der Waals surface area (Å²) >= 11 is 0. The van der Waals surface area contributed by atoms with Gasteiger partial charge in [0.25, 0.3) is 5.91 Å². The minimum Gasteiger partial charge on any atom is -0.382 e. The summed E-state index contributed by atoms with van der Waals surface area (Å²) in [6.07, 6.45) is 14.4. The van der Waals surface area contributed by atoms with Crippen molar-refractivity contribution in [1.82, 2.24) is 30.0 Å². The lowest BCUT2D eigenvalue weighted by molar-refractivity contribution is -0.136. The van der Waals surface area contributed by atoms with E-state index >= 15 is 0 Å². The molecule has 2 fully saturated rings. The fourth-order valence-corrected chi connectivity index (χ4v) is 7.05. The molecule has 1 aliphatic carbocycles. The zero-order valence-electron chi connectivity index (χ0n) is 24.7. The van der Waals surface area contributed by atoms with Gasteiger partial charge in [-0.05, 0) is 55.9 Å². The Morgan fingerprint density at radius 2 is 1.84 bits per heavy atom. The lowest BCUT2D eigenvalue weighted by atomic mass is 9.82. The molecule has 1 saturated heterocycles. The largest absolute Gasteiger partial charge is 0.382 e. The van der Waals surface area contributed by atoms with Crippen LogP contribution < -0.4 is 10.6 Å². The molecule has 0 spiro atoms. The molecule has 226 valence electrons. The Kier molecular flexibility index (Phi) is 7.80. The average Bonchev–Trinajstić information content (AvgIpc) is 3.65. The Hall–Kier alpha value is -4.60. The number of nitrogens with zero attached hydrogens (tertiary/aromatic N) is 5. The molecule has 0 radical (unpaired) electrons. The standard InChI is InChI=1S/C34H37N7O3/c42-32-15-14-31(33(43)39-32)41-21-26-25(34(41)44)10-6-13-27(26)37-24-9-5-8-22(17-24)7-3-4-16-40-20-23(18-36-40)30-19-35-28-11-1-2-12-29(28)38-30/h1-2,6,10-13,18-20,22,24,31,37H,3-5,7-9,14-17,21H2,(H,39,42,43). The van der Waals surface area contributed by atoms with E-state index in [1.165, 1.54) is 19.3 Å². The molecule has 44 heavy (non-hydrogen) atoms. The first-order chi connectivity index (χ1) is 21.5. The normalized spacial score (nSPS) is 21.9. The molecule has 2 aliphatic heterocycles. The molecule has 3 unspecified atom stereocenters. The number of unbranched alkanes of at least 4 members (excludes halogenated alkanes) is 1. The van der Waals surface area contributed by atoms with Gasteiger partial charge in [-0.3, -0.25) is 29.4 Å². The number of hydrogen-bond acceptors (Lipinski definition) is 7. The van der Waals surface area contributed by atoms with Crippen molar-refractivity contribution in [2.24, 2.45) is 5.92 Å². The van der Waals surface area contributed by atoms with Gasteiger partial charge >= 0.3 is 0 Å². The number of aromatic nitrogens is 4. The van der Waals surface area contributed by atoms with Crippen LogP contribution in [-0.2, 0) is 22.7 Å². The first kappa shape index (κ1) is 28.2. The van der Waals surface area contributed by atoms with Gasteiger partial charge in [-0.2, -0.15) is 5.10 Å². The van der Waals surface area contributed by atoms with Gasteiger partial charge in [0.1, 0.15) is 6.04 Å². The number of nitrogens with one attached hydrogen (secondary N) is 2. The van der Waals surface area contributed by atoms with E-state index in [1.807, 2.05) is 59.5 Å². The van der Waals surface area contributed by atoms with Gasteiger partial charge in [0.05, 0.1) is 29.1 Å². The summed E-state index contributed by atoms with van der Waals surface area (Å²) in [7, 11) is 0. The topological polar surface area (TPSA) is 122 Å². The number of carbonyl (C=O) groups is 3. The maximum atomic E-state index is 13.2. The third kappa shape index (κ3) is 5.80. The summed E-state index contributed by atoms with van der Waals surface area (Å²) in [6, 6.07) is 13.5. The highest BCUT2D eigenvalue weighted by molar-refractivity contribution is 6.06. The predicted octanol–water partition coefficient (Wildman–Crippen LogP) is 5.10. The number of fused-ring (bicyclic) bond motifs is 2. The third-order valence-electron chi connectivity index (χ3n) is 9.35. The molecule has 3 atom stereocenters. The number of amides is 3. The van der Waals surface area contributed by atoms with Crippen LogP contribution in [0.5, 0.6) is 0 Å². The molecule has 7 rings (SSSR count). The van der Waals surface area contributed by atoms with Crippen molar-refractivity contribution in [1.29, 1.82) is 0 Å². The molecule has 3 amide bonds. The van der Waals surface area contributed by atoms with Crippen molar-refractivity contribution in [3.05, 3.63) is 72.2 Å². The van der Waals surface area contributed by atoms with Crippen LogP contribution in [0, 0.1) is 5.92 Å². The van der Waals surface area contributed by atoms with Gasteiger partial charge in [-0.15, -0.1) is 0 Å². The van der Waals surface area contributed by atoms with Crippen LogP contribution in [-0.4, -0.2) is 54.5 Å². The highest BCUT2D eigenvalue weighted by Crippen LogP contribution is 2.35. The molecule has 2 aromatic carbocycles. The zero-order chi connectivity index (χ0) is 30.0. The first-order valence-corrected chi connectivity index (χ1v) is 15.8. The SMILES string of the molecule is O=C1CCC(N2Cc3c(NC4CCCC(CCCCn5cc(-c6cnc7ccccc7n6)cn5)C4)cccc3C2=O)C(=O)N1. The highest BCUT2D eigenvalue weighted by Gasteiger charge is 2.40. The van der Waals surface area contributed by atoms with E-state index in [2.05, 4.69) is 26.9 Å². The van der Waals surface area contributed by atoms with E-state index in [0.717, 1.165) is 65.8 Å². The minimum atomic E-state index is -0.597. The Morgan fingerprint density at radius 3 is 2.73 bits per heavy atom. The number of anilines is 1. The van der Waals surface area contributed by atoms with Crippen LogP contribution in [0.4, 0.5) is 5.69 Å². The molecule has 4 heterocycles. The molecule has 10 nitrogen and oxygen atoms in total. The van der Waals surface area contributed by atoms with Crippen LogP contribution in [0.15, 0.2) is 61.1 Å². The van der Waals surface area contributed by atoms with Crippen molar-refractivity contribution in [2.45, 2.75) is 83.0 Å². The van der Waals surface area contributed by atoms with Crippen LogP contribution in [0.1, 0.15) is 73.7 Å². The molecule has 10 heteroatoms. The van der Waals surface area contributed by atoms with Gasteiger partial charge in [0.2, 0.25) is 11.8 Å². The van der Waals surface area contributed by atoms with Crippen molar-refractivity contribution in [3.8, 4) is 11.3 Å². The predicted molar refractivity (Wildman–Crippen MR) is 166 cm³/mol. The van der Waals surface area contributed by atoms with E-state index in [0.29, 0.717) is 30.5 Å². The van der Waals surface area contributed by atoms with Crippen LogP contribution in [0.25, 0.3) is 22.3 Å². The molecule has 4 aromatic rings. The summed E-state index contributed by atoms with van der Waals surface area (Å²) in [5.41, 5.74) is 6.20. The zero-order valence-corrected chi connectivity index (χ0v) is 24.7. The molecule has 0 bridgehead atoms. The molecule has 2 N–H and O–H groups in total. The summed E-state index contributed by atoms with van der Waals surface area (Å²) in [5, 5.41) is 10.7. The van der Waals surface area contributed by atoms with Gasteiger partial charge in [-0.25, -0.2) is 4.98 Å². The molecular formula is C34H37N7O3. The van der Waals surface area contributed by atoms with Gasteiger partial charge < -0.3 is 10.2 Å². The van der Waals surface area contributed by atoms with E-state index < -0.39 is 6.04 Å². The van der Waals surface area contributed by atoms with Crippen molar-refractivity contribution in [3.63, 3.8) is 0 Å². The lowest BCUT2D eigenvalue weighted by Crippen LogP contribution is -2.52. The van der Waals surface area contributed by atoms with Crippen molar-refractivity contribution < 1.29 is 14.4 Å². The number of imide groups is 1. The summed E-state index contributed by atoms with van der Waals surface area (Å²) in [6.45, 7) is 1.27. The summed E-state index contributed by atoms with van der Waals surface area (Å²) in [4.78, 5) is 48.2. The number of aryl methyl sites for hydroxylation is 1. The average molecular weight is 592 g/mol. The van der Waals surface area contributed by atoms with Crippen molar-refractivity contribution in [2.75, 3.05) is 5.32 Å². The van der Waals surface area contributed by atoms with Crippen molar-refractivity contribution >= 4 is 34.4 Å². The van der Waals surface area contributed by atoms with Crippen LogP contribution in [0.2, 0.25) is 0 Å². The summed E-state index contributed by atoms with van der Waals surface area (Å²) < 4.78 is 2.01. The molecular weight excluding hydrogens is 554 g/mol. The highest BCUT2D eigenvalue weighted by atomic mass is 16.2. The maximum absolute atomic E-state index is 13.2. The Bertz CT molecular complexity index is 1720. The second-order valence-corrected chi connectivity index (χ2v) is 12.3. The quantitative estimate of drug-likeness (QED) is 0.205. The Morgan fingerprint density at radius 1 is 0.955 bits per heavy atom. The number of carbonyl (C=O) groups excluding carboxylic acids is 3. The van der Waals surface area contributed by atoms with Crippen LogP contribution in [0.3, 0.4) is 0 Å². The number of rotatable bonds is 9. The maximum Gasteiger partial charge on any atom is 0.255 e. The number of piperidine rings is 1. The first-order valence-electron chi connectivity index (χ1n) is 15.8. The van der Waals surface area contributed by atoms with E-state index in [1.54, 1.807) is 4.90 Å². The second kappa shape index (κ2) is 12.2. The van der Waals surface area contributed by atoms with E-state index in [9.17, 15) is 14.4 Å². The fourth-order valence-electron chi connectivity index (χ4n) is 7.05. The molecule has 3 aliphatic rings. The van der Waals surface area contributed by atoms with Gasteiger partial charge in [-0.1, -0.05) is 43.9 Å². The summed E-state index contributed by atoms with van der Waals surface area (Å²) in [5.74, 6) is -0.110. The second-order valence-electron chi connectivity index (χ2n) is 12.3. The molecule has 2 aromatic heterocycles. The van der Waals surface area contributed by atoms with Gasteiger partial charge in [0, 0.05) is 54.1 Å². The van der Waals surface area contributed by atoms with Gasteiger partial charge in [0.15, 0.2) is 0 Å².